The van der Waals surface area contributed by atoms with Crippen molar-refractivity contribution >= 4 is 0 Å². The summed E-state index contributed by atoms with van der Waals surface area (Å²) in [5.74, 6) is 0. The molecule has 1 atom stereocenters. The molecule has 0 amide bonds. The number of aromatic nitrogens is 2. The van der Waals surface area contributed by atoms with Gasteiger partial charge in [-0.2, -0.15) is 10.4 Å². The van der Waals surface area contributed by atoms with E-state index in [1.165, 1.54) is 0 Å². The largest absolute Gasteiger partial charge is 0.382 e. The third-order valence-corrected chi connectivity index (χ3v) is 2.35. The maximum Gasteiger partial charge on any atom is 0.123 e. The summed E-state index contributed by atoms with van der Waals surface area (Å²) >= 11 is 0. The van der Waals surface area contributed by atoms with Gasteiger partial charge in [0, 0.05) is 13.2 Å². The Bertz CT molecular complexity index is 539. The second-order valence-corrected chi connectivity index (χ2v) is 3.55. The number of aryl methyl sites for hydroxylation is 1. The number of nitrogens with zero attached hydrogens (tertiary/aromatic N) is 3. The average Bonchev–Trinajstić information content (AvgIpc) is 2.75. The van der Waals surface area contributed by atoms with Crippen LogP contribution in [-0.4, -0.2) is 14.9 Å². The molecule has 0 saturated carbocycles. The predicted octanol–water partition coefficient (Wildman–Crippen LogP) is 1.37. The van der Waals surface area contributed by atoms with Gasteiger partial charge in [-0.05, 0) is 23.8 Å². The van der Waals surface area contributed by atoms with Crippen LogP contribution < -0.4 is 0 Å². The van der Waals surface area contributed by atoms with Crippen LogP contribution in [0, 0.1) is 11.3 Å². The number of aliphatic hydroxyl groups excluding tert-OH is 1. The van der Waals surface area contributed by atoms with Gasteiger partial charge in [0.2, 0.25) is 0 Å². The molecule has 4 nitrogen and oxygen atoms in total. The Kier molecular flexibility index (Phi) is 2.71. The van der Waals surface area contributed by atoms with Crippen molar-refractivity contribution in [3.8, 4) is 6.07 Å². The van der Waals surface area contributed by atoms with E-state index in [0.717, 1.165) is 0 Å². The molecule has 4 heteroatoms. The summed E-state index contributed by atoms with van der Waals surface area (Å²) in [4.78, 5) is 0. The molecule has 2 aromatic rings. The summed E-state index contributed by atoms with van der Waals surface area (Å²) in [6, 6.07) is 10.7. The van der Waals surface area contributed by atoms with Crippen LogP contribution in [0.15, 0.2) is 36.5 Å². The van der Waals surface area contributed by atoms with E-state index in [0.29, 0.717) is 16.8 Å². The van der Waals surface area contributed by atoms with Crippen LogP contribution in [0.5, 0.6) is 0 Å². The van der Waals surface area contributed by atoms with Crippen molar-refractivity contribution in [3.63, 3.8) is 0 Å². The van der Waals surface area contributed by atoms with E-state index < -0.39 is 6.10 Å². The number of nitriles is 1. The van der Waals surface area contributed by atoms with Gasteiger partial charge < -0.3 is 5.11 Å². The average molecular weight is 213 g/mol. The monoisotopic (exact) mass is 213 g/mol. The maximum atomic E-state index is 10.0. The quantitative estimate of drug-likeness (QED) is 0.819. The second kappa shape index (κ2) is 4.17. The van der Waals surface area contributed by atoms with Gasteiger partial charge >= 0.3 is 0 Å². The van der Waals surface area contributed by atoms with Gasteiger partial charge in [0.05, 0.1) is 17.3 Å². The van der Waals surface area contributed by atoms with Crippen molar-refractivity contribution < 1.29 is 5.11 Å². The Balaban J connectivity index is 2.34. The summed E-state index contributed by atoms with van der Waals surface area (Å²) in [7, 11) is 1.79. The first-order chi connectivity index (χ1) is 7.70. The smallest absolute Gasteiger partial charge is 0.123 e. The fraction of sp³-hybridized carbons (Fsp3) is 0.167. The lowest BCUT2D eigenvalue weighted by Gasteiger charge is -2.07. The van der Waals surface area contributed by atoms with E-state index in [4.69, 9.17) is 5.26 Å². The summed E-state index contributed by atoms with van der Waals surface area (Å²) in [5, 5.41) is 22.9. The fourth-order valence-corrected chi connectivity index (χ4v) is 1.53. The third kappa shape index (κ3) is 1.95. The number of hydrogen-bond acceptors (Lipinski definition) is 3. The summed E-state index contributed by atoms with van der Waals surface area (Å²) in [6.07, 6.45) is 0.988. The second-order valence-electron chi connectivity index (χ2n) is 3.55. The number of hydrogen-bond donors (Lipinski definition) is 1. The first-order valence-electron chi connectivity index (χ1n) is 4.88. The van der Waals surface area contributed by atoms with Gasteiger partial charge in [-0.3, -0.25) is 4.68 Å². The standard InChI is InChI=1S/C12H11N3O/c1-15-6-5-11(14-15)12(16)10-4-2-3-9(7-10)8-13/h2-7,12,16H,1H3. The number of aliphatic hydroxyl groups is 1. The molecule has 0 bridgehead atoms. The summed E-state index contributed by atoms with van der Waals surface area (Å²) in [6.45, 7) is 0. The van der Waals surface area contributed by atoms with Crippen LogP contribution in [-0.2, 0) is 7.05 Å². The lowest BCUT2D eigenvalue weighted by atomic mass is 10.0. The Labute approximate surface area is 93.4 Å². The van der Waals surface area contributed by atoms with Gasteiger partial charge in [0.1, 0.15) is 6.10 Å². The molecule has 0 aliphatic rings. The van der Waals surface area contributed by atoms with Gasteiger partial charge in [-0.25, -0.2) is 0 Å². The number of benzene rings is 1. The predicted molar refractivity (Wildman–Crippen MR) is 58.4 cm³/mol. The van der Waals surface area contributed by atoms with Crippen molar-refractivity contribution in [2.24, 2.45) is 7.05 Å². The maximum absolute atomic E-state index is 10.0. The molecule has 80 valence electrons. The molecule has 0 spiro atoms. The van der Waals surface area contributed by atoms with Crippen molar-refractivity contribution in [1.82, 2.24) is 9.78 Å². The van der Waals surface area contributed by atoms with Crippen LogP contribution in [0.2, 0.25) is 0 Å². The summed E-state index contributed by atoms with van der Waals surface area (Å²) in [5.41, 5.74) is 1.79. The molecule has 1 N–H and O–H groups in total. The minimum Gasteiger partial charge on any atom is -0.382 e. The zero-order valence-corrected chi connectivity index (χ0v) is 8.83. The van der Waals surface area contributed by atoms with Crippen LogP contribution >= 0.6 is 0 Å². The van der Waals surface area contributed by atoms with Crippen molar-refractivity contribution in [2.75, 3.05) is 0 Å². The molecular formula is C12H11N3O. The molecule has 0 aliphatic heterocycles. The lowest BCUT2D eigenvalue weighted by molar-refractivity contribution is 0.214. The molecule has 0 saturated heterocycles. The minimum absolute atomic E-state index is 0.535. The number of rotatable bonds is 2. The first kappa shape index (κ1) is 10.4. The lowest BCUT2D eigenvalue weighted by Crippen LogP contribution is -2.02. The highest BCUT2D eigenvalue weighted by Gasteiger charge is 2.13. The van der Waals surface area contributed by atoms with E-state index in [2.05, 4.69) is 5.10 Å². The highest BCUT2D eigenvalue weighted by atomic mass is 16.3. The first-order valence-corrected chi connectivity index (χ1v) is 4.88. The fourth-order valence-electron chi connectivity index (χ4n) is 1.53. The van der Waals surface area contributed by atoms with E-state index in [1.807, 2.05) is 6.07 Å². The van der Waals surface area contributed by atoms with Gasteiger partial charge in [-0.1, -0.05) is 12.1 Å². The third-order valence-electron chi connectivity index (χ3n) is 2.35. The van der Waals surface area contributed by atoms with Crippen LogP contribution in [0.1, 0.15) is 22.9 Å². The van der Waals surface area contributed by atoms with Gasteiger partial charge in [0.15, 0.2) is 0 Å². The molecule has 2 rings (SSSR count). The molecule has 16 heavy (non-hydrogen) atoms. The minimum atomic E-state index is -0.783. The van der Waals surface area contributed by atoms with E-state index in [9.17, 15) is 5.11 Å². The zero-order valence-electron chi connectivity index (χ0n) is 8.83. The molecule has 1 unspecified atom stereocenters. The topological polar surface area (TPSA) is 61.8 Å². The Morgan fingerprint density at radius 1 is 1.44 bits per heavy atom. The molecular weight excluding hydrogens is 202 g/mol. The Hall–Kier alpha value is -2.12. The van der Waals surface area contributed by atoms with Gasteiger partial charge in [0.25, 0.3) is 0 Å². The zero-order chi connectivity index (χ0) is 11.5. The highest BCUT2D eigenvalue weighted by molar-refractivity contribution is 5.35. The summed E-state index contributed by atoms with van der Waals surface area (Å²) < 4.78 is 1.63. The molecule has 1 aromatic heterocycles. The van der Waals surface area contributed by atoms with E-state index in [1.54, 1.807) is 48.3 Å². The van der Waals surface area contributed by atoms with Crippen LogP contribution in [0.25, 0.3) is 0 Å². The van der Waals surface area contributed by atoms with Crippen molar-refractivity contribution in [3.05, 3.63) is 53.3 Å². The normalized spacial score (nSPS) is 12.1. The van der Waals surface area contributed by atoms with Gasteiger partial charge in [-0.15, -0.1) is 0 Å². The molecule has 1 heterocycles. The molecule has 0 aliphatic carbocycles. The van der Waals surface area contributed by atoms with E-state index in [-0.39, 0.29) is 0 Å². The molecule has 0 fully saturated rings. The van der Waals surface area contributed by atoms with Crippen LogP contribution in [0.4, 0.5) is 0 Å². The Morgan fingerprint density at radius 3 is 2.88 bits per heavy atom. The molecule has 0 radical (unpaired) electrons. The van der Waals surface area contributed by atoms with Crippen LogP contribution in [0.3, 0.4) is 0 Å². The van der Waals surface area contributed by atoms with Crippen molar-refractivity contribution in [1.29, 1.82) is 5.26 Å². The van der Waals surface area contributed by atoms with E-state index >= 15 is 0 Å². The molecule has 1 aromatic carbocycles. The SMILES string of the molecule is Cn1ccc(C(O)c2cccc(C#N)c2)n1. The Morgan fingerprint density at radius 2 is 2.25 bits per heavy atom. The highest BCUT2D eigenvalue weighted by Crippen LogP contribution is 2.20. The van der Waals surface area contributed by atoms with Crippen molar-refractivity contribution in [2.45, 2.75) is 6.10 Å².